The van der Waals surface area contributed by atoms with Gasteiger partial charge in [0, 0.05) is 19.4 Å². The summed E-state index contributed by atoms with van der Waals surface area (Å²) in [5.74, 6) is -0.0518. The van der Waals surface area contributed by atoms with Crippen molar-refractivity contribution in [3.63, 3.8) is 0 Å². The van der Waals surface area contributed by atoms with Gasteiger partial charge in [0.05, 0.1) is 16.1 Å². The number of aromatic nitrogens is 1. The standard InChI is InChI=1S/C11H14ClN3O2/c12-7-5-8(10(13)15-6-7)9(16)11(14)1-3-17-4-2-11/h5-6H,1-4,14H2,(H2,13,15). The lowest BCUT2D eigenvalue weighted by Gasteiger charge is -2.31. The summed E-state index contributed by atoms with van der Waals surface area (Å²) in [6, 6.07) is 1.51. The number of pyridine rings is 1. The zero-order valence-corrected chi connectivity index (χ0v) is 10.0. The molecule has 1 saturated heterocycles. The van der Waals surface area contributed by atoms with Crippen LogP contribution in [-0.2, 0) is 4.74 Å². The van der Waals surface area contributed by atoms with Crippen molar-refractivity contribution < 1.29 is 9.53 Å². The molecule has 0 aromatic carbocycles. The van der Waals surface area contributed by atoms with Gasteiger partial charge in [-0.2, -0.15) is 0 Å². The third-order valence-electron chi connectivity index (χ3n) is 2.97. The second-order valence-electron chi connectivity index (χ2n) is 4.18. The highest BCUT2D eigenvalue weighted by molar-refractivity contribution is 6.31. The van der Waals surface area contributed by atoms with Gasteiger partial charge in [-0.15, -0.1) is 0 Å². The van der Waals surface area contributed by atoms with Gasteiger partial charge in [0.25, 0.3) is 0 Å². The molecular weight excluding hydrogens is 242 g/mol. The lowest BCUT2D eigenvalue weighted by atomic mass is 9.83. The Kier molecular flexibility index (Phi) is 3.33. The van der Waals surface area contributed by atoms with Crippen molar-refractivity contribution in [2.45, 2.75) is 18.4 Å². The number of carbonyl (C=O) groups is 1. The van der Waals surface area contributed by atoms with Gasteiger partial charge in [-0.1, -0.05) is 11.6 Å². The Hall–Kier alpha value is -1.17. The predicted octanol–water partition coefficient (Wildman–Crippen LogP) is 1.01. The molecule has 2 heterocycles. The summed E-state index contributed by atoms with van der Waals surface area (Å²) in [6.45, 7) is 0.965. The topological polar surface area (TPSA) is 91.2 Å². The third kappa shape index (κ3) is 2.41. The number of hydrogen-bond acceptors (Lipinski definition) is 5. The lowest BCUT2D eigenvalue weighted by molar-refractivity contribution is 0.0448. The van der Waals surface area contributed by atoms with Crippen LogP contribution in [0.4, 0.5) is 5.82 Å². The molecule has 1 aliphatic heterocycles. The quantitative estimate of drug-likeness (QED) is 0.770. The zero-order valence-electron chi connectivity index (χ0n) is 9.28. The van der Waals surface area contributed by atoms with E-state index in [1.54, 1.807) is 0 Å². The molecule has 1 aromatic rings. The maximum Gasteiger partial charge on any atom is 0.186 e. The molecule has 6 heteroatoms. The van der Waals surface area contributed by atoms with Crippen LogP contribution in [0.1, 0.15) is 23.2 Å². The minimum Gasteiger partial charge on any atom is -0.383 e. The largest absolute Gasteiger partial charge is 0.383 e. The van der Waals surface area contributed by atoms with Gasteiger partial charge >= 0.3 is 0 Å². The van der Waals surface area contributed by atoms with Crippen molar-refractivity contribution >= 4 is 23.2 Å². The molecule has 1 aromatic heterocycles. The van der Waals surface area contributed by atoms with Crippen molar-refractivity contribution in [2.24, 2.45) is 5.73 Å². The number of halogens is 1. The summed E-state index contributed by atoms with van der Waals surface area (Å²) in [5, 5.41) is 0.373. The molecule has 0 spiro atoms. The highest BCUT2D eigenvalue weighted by Gasteiger charge is 2.37. The summed E-state index contributed by atoms with van der Waals surface area (Å²) in [7, 11) is 0. The SMILES string of the molecule is Nc1ncc(Cl)cc1C(=O)C1(N)CCOCC1. The molecule has 0 atom stereocenters. The molecule has 5 nitrogen and oxygen atoms in total. The highest BCUT2D eigenvalue weighted by atomic mass is 35.5. The van der Waals surface area contributed by atoms with E-state index in [9.17, 15) is 4.79 Å². The number of carbonyl (C=O) groups excluding carboxylic acids is 1. The van der Waals surface area contributed by atoms with Crippen LogP contribution in [0.5, 0.6) is 0 Å². The molecule has 0 saturated carbocycles. The van der Waals surface area contributed by atoms with E-state index >= 15 is 0 Å². The van der Waals surface area contributed by atoms with Gasteiger partial charge in [0.15, 0.2) is 5.78 Å². The molecule has 17 heavy (non-hydrogen) atoms. The van der Waals surface area contributed by atoms with Crippen LogP contribution in [0, 0.1) is 0 Å². The first-order valence-electron chi connectivity index (χ1n) is 5.35. The second-order valence-corrected chi connectivity index (χ2v) is 4.62. The Morgan fingerprint density at radius 1 is 1.47 bits per heavy atom. The number of ketones is 1. The Bertz CT molecular complexity index is 444. The summed E-state index contributed by atoms with van der Waals surface area (Å²) < 4.78 is 5.20. The minimum atomic E-state index is -0.918. The fraction of sp³-hybridized carbons (Fsp3) is 0.455. The number of hydrogen-bond donors (Lipinski definition) is 2. The lowest BCUT2D eigenvalue weighted by Crippen LogP contribution is -2.52. The summed E-state index contributed by atoms with van der Waals surface area (Å²) in [5.41, 5.74) is 11.2. The number of nitrogen functional groups attached to an aromatic ring is 1. The Balaban J connectivity index is 2.32. The molecule has 0 bridgehead atoms. The van der Waals surface area contributed by atoms with Gasteiger partial charge in [0.1, 0.15) is 5.82 Å². The van der Waals surface area contributed by atoms with Crippen LogP contribution in [0.25, 0.3) is 0 Å². The Morgan fingerprint density at radius 3 is 2.76 bits per heavy atom. The number of ether oxygens (including phenoxy) is 1. The van der Waals surface area contributed by atoms with Crippen LogP contribution in [0.3, 0.4) is 0 Å². The second kappa shape index (κ2) is 4.60. The van der Waals surface area contributed by atoms with Crippen LogP contribution < -0.4 is 11.5 Å². The number of nitrogens with zero attached hydrogens (tertiary/aromatic N) is 1. The Labute approximate surface area is 104 Å². The van der Waals surface area contributed by atoms with E-state index in [2.05, 4.69) is 4.98 Å². The highest BCUT2D eigenvalue weighted by Crippen LogP contribution is 2.26. The van der Waals surface area contributed by atoms with E-state index in [0.717, 1.165) is 0 Å². The minimum absolute atomic E-state index is 0.163. The smallest absolute Gasteiger partial charge is 0.186 e. The number of anilines is 1. The molecule has 0 unspecified atom stereocenters. The van der Waals surface area contributed by atoms with E-state index in [1.807, 2.05) is 0 Å². The molecule has 0 radical (unpaired) electrons. The fourth-order valence-corrected chi connectivity index (χ4v) is 2.02. The van der Waals surface area contributed by atoms with Crippen molar-refractivity contribution in [3.05, 3.63) is 22.8 Å². The molecule has 0 amide bonds. The summed E-state index contributed by atoms with van der Waals surface area (Å²) in [4.78, 5) is 16.2. The van der Waals surface area contributed by atoms with Crippen molar-refractivity contribution in [1.82, 2.24) is 4.98 Å². The molecule has 1 fully saturated rings. The van der Waals surface area contributed by atoms with E-state index in [-0.39, 0.29) is 11.6 Å². The van der Waals surface area contributed by atoms with Crippen molar-refractivity contribution in [1.29, 1.82) is 0 Å². The average molecular weight is 256 g/mol. The van der Waals surface area contributed by atoms with Crippen LogP contribution in [0.2, 0.25) is 5.02 Å². The van der Waals surface area contributed by atoms with E-state index < -0.39 is 5.54 Å². The van der Waals surface area contributed by atoms with Crippen molar-refractivity contribution in [3.8, 4) is 0 Å². The van der Waals surface area contributed by atoms with Gasteiger partial charge < -0.3 is 16.2 Å². The summed E-state index contributed by atoms with van der Waals surface area (Å²) in [6.07, 6.45) is 2.37. The Morgan fingerprint density at radius 2 is 2.12 bits per heavy atom. The number of Topliss-reactive ketones (excluding diaryl/α,β-unsaturated/α-hetero) is 1. The fourth-order valence-electron chi connectivity index (χ4n) is 1.86. The maximum absolute atomic E-state index is 12.3. The monoisotopic (exact) mass is 255 g/mol. The maximum atomic E-state index is 12.3. The third-order valence-corrected chi connectivity index (χ3v) is 3.17. The first-order chi connectivity index (χ1) is 8.03. The van der Waals surface area contributed by atoms with E-state index in [1.165, 1.54) is 12.3 Å². The zero-order chi connectivity index (χ0) is 12.5. The average Bonchev–Trinajstić information content (AvgIpc) is 2.32. The predicted molar refractivity (Wildman–Crippen MR) is 65.0 cm³/mol. The first kappa shape index (κ1) is 12.3. The van der Waals surface area contributed by atoms with Crippen molar-refractivity contribution in [2.75, 3.05) is 18.9 Å². The van der Waals surface area contributed by atoms with E-state index in [0.29, 0.717) is 36.6 Å². The van der Waals surface area contributed by atoms with Gasteiger partial charge in [-0.3, -0.25) is 4.79 Å². The molecule has 4 N–H and O–H groups in total. The molecule has 2 rings (SSSR count). The molecule has 1 aliphatic rings. The van der Waals surface area contributed by atoms with E-state index in [4.69, 9.17) is 27.8 Å². The first-order valence-corrected chi connectivity index (χ1v) is 5.73. The molecular formula is C11H14ClN3O2. The normalized spacial score (nSPS) is 18.9. The van der Waals surface area contributed by atoms with Gasteiger partial charge in [-0.25, -0.2) is 4.98 Å². The number of nitrogens with two attached hydrogens (primary N) is 2. The van der Waals surface area contributed by atoms with Gasteiger partial charge in [0.2, 0.25) is 0 Å². The molecule has 92 valence electrons. The summed E-state index contributed by atoms with van der Waals surface area (Å²) >= 11 is 5.81. The number of rotatable bonds is 2. The molecule has 0 aliphatic carbocycles. The van der Waals surface area contributed by atoms with Crippen LogP contribution in [-0.4, -0.2) is 29.5 Å². The van der Waals surface area contributed by atoms with Gasteiger partial charge in [-0.05, 0) is 18.9 Å². The van der Waals surface area contributed by atoms with Crippen LogP contribution >= 0.6 is 11.6 Å². The van der Waals surface area contributed by atoms with Crippen LogP contribution in [0.15, 0.2) is 12.3 Å².